The molecule has 0 fully saturated rings. The van der Waals surface area contributed by atoms with E-state index >= 15 is 0 Å². The Labute approximate surface area is 121 Å². The molecule has 2 rings (SSSR count). The van der Waals surface area contributed by atoms with Gasteiger partial charge in [-0.05, 0) is 38.6 Å². The van der Waals surface area contributed by atoms with E-state index in [1.807, 2.05) is 6.92 Å². The first-order chi connectivity index (χ1) is 9.02. The molecule has 2 aromatic rings. The highest BCUT2D eigenvalue weighted by Gasteiger charge is 2.16. The summed E-state index contributed by atoms with van der Waals surface area (Å²) in [5.41, 5.74) is 1.41. The van der Waals surface area contributed by atoms with Crippen molar-refractivity contribution in [1.82, 2.24) is 10.3 Å². The van der Waals surface area contributed by atoms with Crippen LogP contribution in [0.1, 0.15) is 30.5 Å². The number of aromatic nitrogens is 1. The summed E-state index contributed by atoms with van der Waals surface area (Å²) in [6.45, 7) is 6.98. The molecule has 0 amide bonds. The Bertz CT molecular complexity index is 583. The second-order valence-corrected chi connectivity index (χ2v) is 5.84. The molecule has 0 aliphatic carbocycles. The first kappa shape index (κ1) is 14.4. The van der Waals surface area contributed by atoms with Crippen molar-refractivity contribution in [2.24, 2.45) is 0 Å². The predicted molar refractivity (Wildman–Crippen MR) is 79.3 cm³/mol. The molecule has 0 aliphatic heterocycles. The standard InChI is InChI=1S/C14H16ClFN2S/c1-4-17-8(2)13-9(3)18-14(19-13)11-7-10(15)5-6-12(11)16/h5-8,17H,4H2,1-3H3. The molecule has 1 heterocycles. The highest BCUT2D eigenvalue weighted by Crippen LogP contribution is 2.34. The third-order valence-electron chi connectivity index (χ3n) is 2.89. The molecular weight excluding hydrogens is 283 g/mol. The van der Waals surface area contributed by atoms with E-state index in [-0.39, 0.29) is 11.9 Å². The van der Waals surface area contributed by atoms with E-state index in [0.717, 1.165) is 17.1 Å². The molecule has 19 heavy (non-hydrogen) atoms. The lowest BCUT2D eigenvalue weighted by atomic mass is 10.2. The second kappa shape index (κ2) is 5.99. The van der Waals surface area contributed by atoms with Gasteiger partial charge in [0.25, 0.3) is 0 Å². The molecule has 0 spiro atoms. The monoisotopic (exact) mass is 298 g/mol. The Hall–Kier alpha value is -0.970. The number of rotatable bonds is 4. The van der Waals surface area contributed by atoms with Gasteiger partial charge in [-0.1, -0.05) is 18.5 Å². The van der Waals surface area contributed by atoms with Gasteiger partial charge in [-0.25, -0.2) is 9.37 Å². The van der Waals surface area contributed by atoms with Crippen LogP contribution in [-0.4, -0.2) is 11.5 Å². The minimum absolute atomic E-state index is 0.221. The maximum Gasteiger partial charge on any atom is 0.133 e. The van der Waals surface area contributed by atoms with E-state index in [1.54, 1.807) is 12.1 Å². The number of nitrogens with one attached hydrogen (secondary N) is 1. The highest BCUT2D eigenvalue weighted by molar-refractivity contribution is 7.15. The normalized spacial score (nSPS) is 12.7. The van der Waals surface area contributed by atoms with Gasteiger partial charge in [0.15, 0.2) is 0 Å². The van der Waals surface area contributed by atoms with Crippen LogP contribution in [0.15, 0.2) is 18.2 Å². The van der Waals surface area contributed by atoms with Crippen molar-refractivity contribution in [3.63, 3.8) is 0 Å². The van der Waals surface area contributed by atoms with E-state index in [9.17, 15) is 4.39 Å². The van der Waals surface area contributed by atoms with Gasteiger partial charge in [0.2, 0.25) is 0 Å². The number of nitrogens with zero attached hydrogens (tertiary/aromatic N) is 1. The molecule has 102 valence electrons. The molecule has 0 aliphatic rings. The van der Waals surface area contributed by atoms with E-state index in [2.05, 4.69) is 24.1 Å². The van der Waals surface area contributed by atoms with Crippen LogP contribution in [0.5, 0.6) is 0 Å². The molecule has 1 atom stereocenters. The average Bonchev–Trinajstić information content (AvgIpc) is 2.74. The zero-order valence-electron chi connectivity index (χ0n) is 11.1. The fraction of sp³-hybridized carbons (Fsp3) is 0.357. The topological polar surface area (TPSA) is 24.9 Å². The molecule has 1 aromatic heterocycles. The summed E-state index contributed by atoms with van der Waals surface area (Å²) in [7, 11) is 0. The van der Waals surface area contributed by atoms with Crippen LogP contribution < -0.4 is 5.32 Å². The van der Waals surface area contributed by atoms with Crippen LogP contribution in [-0.2, 0) is 0 Å². The SMILES string of the molecule is CCNC(C)c1sc(-c2cc(Cl)ccc2F)nc1C. The zero-order valence-corrected chi connectivity index (χ0v) is 12.7. The summed E-state index contributed by atoms with van der Waals surface area (Å²) in [4.78, 5) is 5.60. The number of halogens is 2. The molecular formula is C14H16ClFN2S. The van der Waals surface area contributed by atoms with Gasteiger partial charge in [0, 0.05) is 21.5 Å². The van der Waals surface area contributed by atoms with Crippen molar-refractivity contribution in [2.75, 3.05) is 6.54 Å². The first-order valence-corrected chi connectivity index (χ1v) is 7.38. The smallest absolute Gasteiger partial charge is 0.133 e. The quantitative estimate of drug-likeness (QED) is 0.893. The number of hydrogen-bond acceptors (Lipinski definition) is 3. The van der Waals surface area contributed by atoms with Crippen LogP contribution in [0.4, 0.5) is 4.39 Å². The summed E-state index contributed by atoms with van der Waals surface area (Å²) in [6, 6.07) is 4.76. The molecule has 1 unspecified atom stereocenters. The van der Waals surface area contributed by atoms with Crippen LogP contribution in [0.25, 0.3) is 10.6 Å². The van der Waals surface area contributed by atoms with E-state index in [1.165, 1.54) is 17.4 Å². The lowest BCUT2D eigenvalue weighted by Crippen LogP contribution is -2.17. The van der Waals surface area contributed by atoms with Gasteiger partial charge < -0.3 is 5.32 Å². The van der Waals surface area contributed by atoms with Gasteiger partial charge >= 0.3 is 0 Å². The van der Waals surface area contributed by atoms with Crippen molar-refractivity contribution >= 4 is 22.9 Å². The van der Waals surface area contributed by atoms with E-state index in [4.69, 9.17) is 11.6 Å². The van der Waals surface area contributed by atoms with Gasteiger partial charge in [0.05, 0.1) is 5.69 Å². The summed E-state index contributed by atoms with van der Waals surface area (Å²) in [6.07, 6.45) is 0. The maximum absolute atomic E-state index is 13.8. The molecule has 1 aromatic carbocycles. The predicted octanol–water partition coefficient (Wildman–Crippen LogP) is 4.58. The van der Waals surface area contributed by atoms with Crippen molar-refractivity contribution in [3.8, 4) is 10.6 Å². The number of hydrogen-bond donors (Lipinski definition) is 1. The molecule has 0 saturated heterocycles. The van der Waals surface area contributed by atoms with E-state index in [0.29, 0.717) is 15.6 Å². The lowest BCUT2D eigenvalue weighted by Gasteiger charge is -2.09. The number of benzene rings is 1. The molecule has 1 N–H and O–H groups in total. The summed E-state index contributed by atoms with van der Waals surface area (Å²) >= 11 is 7.43. The Kier molecular flexibility index (Phi) is 4.55. The maximum atomic E-state index is 13.8. The molecule has 0 bridgehead atoms. The largest absolute Gasteiger partial charge is 0.310 e. The third kappa shape index (κ3) is 3.14. The van der Waals surface area contributed by atoms with Crippen molar-refractivity contribution < 1.29 is 4.39 Å². The second-order valence-electron chi connectivity index (χ2n) is 4.37. The van der Waals surface area contributed by atoms with Gasteiger partial charge in [-0.3, -0.25) is 0 Å². The molecule has 5 heteroatoms. The summed E-state index contributed by atoms with van der Waals surface area (Å²) < 4.78 is 13.8. The number of aryl methyl sites for hydroxylation is 1. The average molecular weight is 299 g/mol. The van der Waals surface area contributed by atoms with E-state index < -0.39 is 0 Å². The van der Waals surface area contributed by atoms with Crippen LogP contribution in [0.3, 0.4) is 0 Å². The van der Waals surface area contributed by atoms with Crippen LogP contribution >= 0.6 is 22.9 Å². The van der Waals surface area contributed by atoms with Crippen molar-refractivity contribution in [3.05, 3.63) is 39.6 Å². The minimum atomic E-state index is -0.291. The Balaban J connectivity index is 2.41. The lowest BCUT2D eigenvalue weighted by molar-refractivity contribution is 0.603. The minimum Gasteiger partial charge on any atom is -0.310 e. The fourth-order valence-corrected chi connectivity index (χ4v) is 3.27. The first-order valence-electron chi connectivity index (χ1n) is 6.19. The van der Waals surface area contributed by atoms with Crippen LogP contribution in [0.2, 0.25) is 5.02 Å². The highest BCUT2D eigenvalue weighted by atomic mass is 35.5. The molecule has 0 radical (unpaired) electrons. The summed E-state index contributed by atoms with van der Waals surface area (Å²) in [5, 5.41) is 4.54. The number of thiazole rings is 1. The molecule has 0 saturated carbocycles. The Morgan fingerprint density at radius 2 is 2.21 bits per heavy atom. The van der Waals surface area contributed by atoms with Crippen LogP contribution in [0, 0.1) is 12.7 Å². The Morgan fingerprint density at radius 1 is 1.47 bits per heavy atom. The van der Waals surface area contributed by atoms with Gasteiger partial charge in [-0.2, -0.15) is 0 Å². The Morgan fingerprint density at radius 3 is 2.89 bits per heavy atom. The summed E-state index contributed by atoms with van der Waals surface area (Å²) in [5.74, 6) is -0.291. The zero-order chi connectivity index (χ0) is 14.0. The van der Waals surface area contributed by atoms with Crippen molar-refractivity contribution in [1.29, 1.82) is 0 Å². The molecule has 2 nitrogen and oxygen atoms in total. The van der Waals surface area contributed by atoms with Gasteiger partial charge in [0.1, 0.15) is 10.8 Å². The fourth-order valence-electron chi connectivity index (χ4n) is 1.99. The van der Waals surface area contributed by atoms with Crippen molar-refractivity contribution in [2.45, 2.75) is 26.8 Å². The third-order valence-corrected chi connectivity index (χ3v) is 4.50. The van der Waals surface area contributed by atoms with Gasteiger partial charge in [-0.15, -0.1) is 11.3 Å².